The van der Waals surface area contributed by atoms with Gasteiger partial charge >= 0.3 is 0 Å². The van der Waals surface area contributed by atoms with Crippen molar-refractivity contribution in [3.63, 3.8) is 0 Å². The molecule has 0 unspecified atom stereocenters. The molecule has 3 rings (SSSR count). The fourth-order valence-electron chi connectivity index (χ4n) is 2.64. The molecule has 1 aliphatic heterocycles. The number of nitrogens with zero attached hydrogens (tertiary/aromatic N) is 4. The summed E-state index contributed by atoms with van der Waals surface area (Å²) in [6.07, 6.45) is 0. The molecule has 1 atom stereocenters. The number of carbonyl (C=O) groups is 1. The molecule has 0 radical (unpaired) electrons. The minimum atomic E-state index is -0.416. The van der Waals surface area contributed by atoms with Gasteiger partial charge in [-0.2, -0.15) is 4.98 Å². The van der Waals surface area contributed by atoms with E-state index < -0.39 is 6.04 Å². The molecule has 2 N–H and O–H groups in total. The number of piperazine rings is 1. The molecule has 1 aliphatic rings. The molecule has 0 aliphatic carbocycles. The standard InChI is InChI=1S/C16H23N5O2S/c1-11(2)14(17)16(22)21-7-5-20(6-8-21)10-13-18-15(19-23-13)12-4-3-9-24-12/h3-4,9,11,14H,5-8,10,17H2,1-2H3/t14-/m0/s1. The lowest BCUT2D eigenvalue weighted by molar-refractivity contribution is -0.135. The summed E-state index contributed by atoms with van der Waals surface area (Å²) >= 11 is 1.59. The predicted octanol–water partition coefficient (Wildman–Crippen LogP) is 1.43. The maximum absolute atomic E-state index is 12.3. The molecule has 2 aromatic rings. The maximum atomic E-state index is 12.3. The third-order valence-corrected chi connectivity index (χ3v) is 5.12. The number of rotatable bonds is 5. The van der Waals surface area contributed by atoms with E-state index in [-0.39, 0.29) is 11.8 Å². The lowest BCUT2D eigenvalue weighted by Crippen LogP contribution is -2.54. The highest BCUT2D eigenvalue weighted by Gasteiger charge is 2.27. The molecule has 130 valence electrons. The maximum Gasteiger partial charge on any atom is 0.241 e. The fraction of sp³-hybridized carbons (Fsp3) is 0.562. The van der Waals surface area contributed by atoms with Crippen molar-refractivity contribution in [2.24, 2.45) is 11.7 Å². The second-order valence-corrected chi connectivity index (χ2v) is 7.31. The van der Waals surface area contributed by atoms with Gasteiger partial charge in [-0.05, 0) is 17.4 Å². The molecule has 24 heavy (non-hydrogen) atoms. The highest BCUT2D eigenvalue weighted by atomic mass is 32.1. The Hall–Kier alpha value is -1.77. The van der Waals surface area contributed by atoms with Gasteiger partial charge < -0.3 is 15.2 Å². The first kappa shape index (κ1) is 17.1. The van der Waals surface area contributed by atoms with E-state index in [0.29, 0.717) is 31.3 Å². The minimum Gasteiger partial charge on any atom is -0.339 e. The number of thiophene rings is 1. The second kappa shape index (κ2) is 7.42. The van der Waals surface area contributed by atoms with Crippen molar-refractivity contribution in [2.75, 3.05) is 26.2 Å². The van der Waals surface area contributed by atoms with Crippen LogP contribution in [0.2, 0.25) is 0 Å². The van der Waals surface area contributed by atoms with Crippen LogP contribution in [0.1, 0.15) is 19.7 Å². The fourth-order valence-corrected chi connectivity index (χ4v) is 3.29. The summed E-state index contributed by atoms with van der Waals surface area (Å²) in [7, 11) is 0. The number of hydrogen-bond donors (Lipinski definition) is 1. The Morgan fingerprint density at radius 3 is 2.75 bits per heavy atom. The predicted molar refractivity (Wildman–Crippen MR) is 92.3 cm³/mol. The number of hydrogen-bond acceptors (Lipinski definition) is 7. The first-order valence-corrected chi connectivity index (χ1v) is 9.05. The number of carbonyl (C=O) groups excluding carboxylic acids is 1. The monoisotopic (exact) mass is 349 g/mol. The van der Waals surface area contributed by atoms with Crippen molar-refractivity contribution in [3.8, 4) is 10.7 Å². The largest absolute Gasteiger partial charge is 0.339 e. The van der Waals surface area contributed by atoms with E-state index in [4.69, 9.17) is 10.3 Å². The van der Waals surface area contributed by atoms with Gasteiger partial charge in [0.25, 0.3) is 0 Å². The van der Waals surface area contributed by atoms with E-state index in [0.717, 1.165) is 18.0 Å². The molecule has 2 aromatic heterocycles. The van der Waals surface area contributed by atoms with Crippen LogP contribution in [-0.2, 0) is 11.3 Å². The van der Waals surface area contributed by atoms with Gasteiger partial charge in [0, 0.05) is 26.2 Å². The van der Waals surface area contributed by atoms with Crippen molar-refractivity contribution in [3.05, 3.63) is 23.4 Å². The normalized spacial score (nSPS) is 17.4. The van der Waals surface area contributed by atoms with Crippen LogP contribution in [0.25, 0.3) is 10.7 Å². The summed E-state index contributed by atoms with van der Waals surface area (Å²) in [6.45, 7) is 7.49. The van der Waals surface area contributed by atoms with E-state index in [9.17, 15) is 4.79 Å². The van der Waals surface area contributed by atoms with Crippen LogP contribution < -0.4 is 5.73 Å². The number of nitrogens with two attached hydrogens (primary N) is 1. The van der Waals surface area contributed by atoms with Gasteiger partial charge in [0.05, 0.1) is 17.5 Å². The number of aromatic nitrogens is 2. The SMILES string of the molecule is CC(C)[C@H](N)C(=O)N1CCN(Cc2nc(-c3cccs3)no2)CC1. The van der Waals surface area contributed by atoms with Crippen LogP contribution in [0.5, 0.6) is 0 Å². The van der Waals surface area contributed by atoms with Crippen LogP contribution in [0, 0.1) is 5.92 Å². The van der Waals surface area contributed by atoms with E-state index in [1.165, 1.54) is 0 Å². The molecule has 0 aromatic carbocycles. The summed E-state index contributed by atoms with van der Waals surface area (Å²) in [5.41, 5.74) is 5.96. The lowest BCUT2D eigenvalue weighted by atomic mass is 10.0. The zero-order valence-corrected chi connectivity index (χ0v) is 14.8. The third-order valence-electron chi connectivity index (χ3n) is 4.26. The summed E-state index contributed by atoms with van der Waals surface area (Å²) in [5.74, 6) is 1.45. The smallest absolute Gasteiger partial charge is 0.241 e. The first-order valence-electron chi connectivity index (χ1n) is 8.18. The summed E-state index contributed by atoms with van der Waals surface area (Å²) in [4.78, 5) is 21.8. The van der Waals surface area contributed by atoms with Crippen LogP contribution in [0.3, 0.4) is 0 Å². The zero-order chi connectivity index (χ0) is 17.1. The van der Waals surface area contributed by atoms with Gasteiger partial charge in [0.15, 0.2) is 0 Å². The van der Waals surface area contributed by atoms with Crippen molar-refractivity contribution < 1.29 is 9.32 Å². The van der Waals surface area contributed by atoms with Crippen molar-refractivity contribution in [1.29, 1.82) is 0 Å². The van der Waals surface area contributed by atoms with Crippen molar-refractivity contribution >= 4 is 17.2 Å². The topological polar surface area (TPSA) is 88.5 Å². The minimum absolute atomic E-state index is 0.0439. The molecule has 1 fully saturated rings. The van der Waals surface area contributed by atoms with Gasteiger partial charge in [-0.25, -0.2) is 0 Å². The Morgan fingerprint density at radius 2 is 2.12 bits per heavy atom. The highest BCUT2D eigenvalue weighted by Crippen LogP contribution is 2.21. The Morgan fingerprint density at radius 1 is 1.38 bits per heavy atom. The van der Waals surface area contributed by atoms with Crippen LogP contribution >= 0.6 is 11.3 Å². The Labute approximate surface area is 145 Å². The molecule has 0 spiro atoms. The molecule has 8 heteroatoms. The van der Waals surface area contributed by atoms with Gasteiger partial charge in [-0.15, -0.1) is 11.3 Å². The molecule has 7 nitrogen and oxygen atoms in total. The van der Waals surface area contributed by atoms with Crippen LogP contribution in [0.15, 0.2) is 22.0 Å². The average molecular weight is 349 g/mol. The summed E-state index contributed by atoms with van der Waals surface area (Å²) in [5, 5.41) is 6.02. The summed E-state index contributed by atoms with van der Waals surface area (Å²) < 4.78 is 5.34. The van der Waals surface area contributed by atoms with Gasteiger partial charge in [-0.3, -0.25) is 9.69 Å². The van der Waals surface area contributed by atoms with Crippen molar-refractivity contribution in [1.82, 2.24) is 19.9 Å². The van der Waals surface area contributed by atoms with E-state index >= 15 is 0 Å². The van der Waals surface area contributed by atoms with E-state index in [1.807, 2.05) is 36.3 Å². The number of amides is 1. The van der Waals surface area contributed by atoms with Crippen LogP contribution in [-0.4, -0.2) is 58.1 Å². The average Bonchev–Trinajstić information content (AvgIpc) is 3.25. The molecule has 0 bridgehead atoms. The molecule has 0 saturated carbocycles. The molecule has 1 saturated heterocycles. The molecule has 1 amide bonds. The van der Waals surface area contributed by atoms with E-state index in [2.05, 4.69) is 15.0 Å². The highest BCUT2D eigenvalue weighted by molar-refractivity contribution is 7.13. The van der Waals surface area contributed by atoms with Gasteiger partial charge in [0.2, 0.25) is 17.6 Å². The molecular formula is C16H23N5O2S. The molecular weight excluding hydrogens is 326 g/mol. The Balaban J connectivity index is 1.52. The van der Waals surface area contributed by atoms with Gasteiger partial charge in [-0.1, -0.05) is 25.1 Å². The third kappa shape index (κ3) is 3.82. The Bertz CT molecular complexity index is 662. The summed E-state index contributed by atoms with van der Waals surface area (Å²) in [6, 6.07) is 3.52. The molecule has 3 heterocycles. The van der Waals surface area contributed by atoms with E-state index in [1.54, 1.807) is 11.3 Å². The van der Waals surface area contributed by atoms with Gasteiger partial charge in [0.1, 0.15) is 0 Å². The first-order chi connectivity index (χ1) is 11.5. The second-order valence-electron chi connectivity index (χ2n) is 6.36. The zero-order valence-electron chi connectivity index (χ0n) is 14.0. The lowest BCUT2D eigenvalue weighted by Gasteiger charge is -2.35. The quantitative estimate of drug-likeness (QED) is 0.878. The van der Waals surface area contributed by atoms with Crippen LogP contribution in [0.4, 0.5) is 0 Å². The van der Waals surface area contributed by atoms with Crippen molar-refractivity contribution in [2.45, 2.75) is 26.4 Å². The Kier molecular flexibility index (Phi) is 5.27.